The van der Waals surface area contributed by atoms with E-state index < -0.39 is 18.0 Å². The van der Waals surface area contributed by atoms with Crippen LogP contribution in [0.25, 0.3) is 0 Å². The number of amides is 2. The van der Waals surface area contributed by atoms with Crippen LogP contribution < -0.4 is 10.6 Å². The molecule has 3 N–H and O–H groups in total. The lowest BCUT2D eigenvalue weighted by Gasteiger charge is -2.14. The van der Waals surface area contributed by atoms with Crippen LogP contribution in [-0.2, 0) is 11.3 Å². The molecule has 0 aromatic carbocycles. The summed E-state index contributed by atoms with van der Waals surface area (Å²) in [6, 6.07) is -1.20. The molecule has 1 fully saturated rings. The summed E-state index contributed by atoms with van der Waals surface area (Å²) in [7, 11) is 0. The van der Waals surface area contributed by atoms with Gasteiger partial charge in [0.15, 0.2) is 0 Å². The molecule has 1 unspecified atom stereocenters. The van der Waals surface area contributed by atoms with E-state index in [9.17, 15) is 9.59 Å². The number of carboxylic acids is 1. The first-order chi connectivity index (χ1) is 9.06. The summed E-state index contributed by atoms with van der Waals surface area (Å²) in [5, 5.41) is 18.3. The Bertz CT molecular complexity index is 468. The molecule has 1 heterocycles. The molecule has 0 saturated heterocycles. The van der Waals surface area contributed by atoms with Crippen molar-refractivity contribution in [3.8, 4) is 0 Å². The van der Waals surface area contributed by atoms with Crippen molar-refractivity contribution in [3.63, 3.8) is 0 Å². The van der Waals surface area contributed by atoms with Crippen molar-refractivity contribution >= 4 is 23.3 Å². The van der Waals surface area contributed by atoms with Gasteiger partial charge in [0.1, 0.15) is 6.04 Å². The van der Waals surface area contributed by atoms with E-state index in [1.165, 1.54) is 0 Å². The molecule has 1 aromatic rings. The summed E-state index contributed by atoms with van der Waals surface area (Å²) in [6.45, 7) is 2.41. The first-order valence-electron chi connectivity index (χ1n) is 6.35. The van der Waals surface area contributed by atoms with E-state index in [2.05, 4.69) is 10.6 Å². The van der Waals surface area contributed by atoms with Gasteiger partial charge in [0.2, 0.25) is 0 Å². The summed E-state index contributed by atoms with van der Waals surface area (Å²) in [4.78, 5) is 22.7. The molecule has 19 heavy (non-hydrogen) atoms. The zero-order chi connectivity index (χ0) is 13.8. The molecule has 6 heteroatoms. The highest BCUT2D eigenvalue weighted by Crippen LogP contribution is 2.33. The number of carbonyl (C=O) groups excluding carboxylic acids is 1. The number of hydrogen-bond acceptors (Lipinski definition) is 3. The van der Waals surface area contributed by atoms with E-state index in [-0.39, 0.29) is 0 Å². The van der Waals surface area contributed by atoms with Crippen molar-refractivity contribution in [2.45, 2.75) is 38.8 Å². The lowest BCUT2D eigenvalue weighted by Crippen LogP contribution is -2.46. The molecule has 1 saturated carbocycles. The topological polar surface area (TPSA) is 78.4 Å². The van der Waals surface area contributed by atoms with Gasteiger partial charge < -0.3 is 15.7 Å². The van der Waals surface area contributed by atoms with Gasteiger partial charge >= 0.3 is 12.0 Å². The normalized spacial score (nSPS) is 15.8. The van der Waals surface area contributed by atoms with Crippen LogP contribution in [0.1, 0.15) is 30.4 Å². The van der Waals surface area contributed by atoms with Crippen molar-refractivity contribution in [3.05, 3.63) is 21.9 Å². The lowest BCUT2D eigenvalue weighted by molar-refractivity contribution is -0.139. The molecule has 1 aliphatic rings. The average molecular weight is 282 g/mol. The van der Waals surface area contributed by atoms with Crippen LogP contribution in [0.4, 0.5) is 4.79 Å². The Labute approximate surface area is 116 Å². The van der Waals surface area contributed by atoms with Gasteiger partial charge in [-0.05, 0) is 41.1 Å². The SMILES string of the molecule is Cc1cscc1CNC(=O)NC(CC1CC1)C(=O)O. The van der Waals surface area contributed by atoms with Gasteiger partial charge in [-0.25, -0.2) is 9.59 Å². The van der Waals surface area contributed by atoms with Crippen LogP contribution >= 0.6 is 11.3 Å². The Balaban J connectivity index is 1.78. The Morgan fingerprint density at radius 2 is 2.21 bits per heavy atom. The molecule has 2 rings (SSSR count). The van der Waals surface area contributed by atoms with Crippen LogP contribution in [0.3, 0.4) is 0 Å². The maximum absolute atomic E-state index is 11.7. The maximum Gasteiger partial charge on any atom is 0.326 e. The first-order valence-corrected chi connectivity index (χ1v) is 7.29. The minimum absolute atomic E-state index is 0.418. The molecule has 5 nitrogen and oxygen atoms in total. The number of hydrogen-bond donors (Lipinski definition) is 3. The average Bonchev–Trinajstić information content (AvgIpc) is 3.07. The smallest absolute Gasteiger partial charge is 0.326 e. The van der Waals surface area contributed by atoms with Crippen molar-refractivity contribution < 1.29 is 14.7 Å². The van der Waals surface area contributed by atoms with Gasteiger partial charge in [-0.1, -0.05) is 12.8 Å². The molecule has 0 aliphatic heterocycles. The van der Waals surface area contributed by atoms with Gasteiger partial charge in [0.25, 0.3) is 0 Å². The molecule has 0 spiro atoms. The van der Waals surface area contributed by atoms with Crippen LogP contribution in [0.15, 0.2) is 10.8 Å². The predicted molar refractivity (Wildman–Crippen MR) is 73.2 cm³/mol. The Kier molecular flexibility index (Phi) is 4.42. The summed E-state index contributed by atoms with van der Waals surface area (Å²) < 4.78 is 0. The summed E-state index contributed by atoms with van der Waals surface area (Å²) in [6.07, 6.45) is 2.67. The second kappa shape index (κ2) is 6.06. The van der Waals surface area contributed by atoms with E-state index >= 15 is 0 Å². The maximum atomic E-state index is 11.7. The Morgan fingerprint density at radius 1 is 1.47 bits per heavy atom. The fourth-order valence-corrected chi connectivity index (χ4v) is 2.72. The van der Waals surface area contributed by atoms with Crippen LogP contribution in [0, 0.1) is 12.8 Å². The number of nitrogens with one attached hydrogen (secondary N) is 2. The summed E-state index contributed by atoms with van der Waals surface area (Å²) in [5.41, 5.74) is 2.20. The van der Waals surface area contributed by atoms with Crippen LogP contribution in [0.2, 0.25) is 0 Å². The Hall–Kier alpha value is -1.56. The molecule has 1 aliphatic carbocycles. The van der Waals surface area contributed by atoms with Gasteiger partial charge in [-0.2, -0.15) is 11.3 Å². The molecule has 0 bridgehead atoms. The number of urea groups is 1. The quantitative estimate of drug-likeness (QED) is 0.747. The van der Waals surface area contributed by atoms with E-state index in [4.69, 9.17) is 5.11 Å². The highest BCUT2D eigenvalue weighted by atomic mass is 32.1. The number of rotatable bonds is 6. The van der Waals surface area contributed by atoms with Crippen molar-refractivity contribution in [1.29, 1.82) is 0 Å². The third-order valence-electron chi connectivity index (χ3n) is 3.27. The van der Waals surface area contributed by atoms with Gasteiger partial charge in [0, 0.05) is 6.54 Å². The van der Waals surface area contributed by atoms with Crippen LogP contribution in [0.5, 0.6) is 0 Å². The molecule has 1 atom stereocenters. The minimum atomic E-state index is -0.964. The van der Waals surface area contributed by atoms with E-state index in [1.54, 1.807) is 11.3 Å². The number of carboxylic acid groups (broad SMARTS) is 1. The highest BCUT2D eigenvalue weighted by Gasteiger charge is 2.30. The van der Waals surface area contributed by atoms with Crippen molar-refractivity contribution in [2.75, 3.05) is 0 Å². The van der Waals surface area contributed by atoms with Gasteiger partial charge in [0.05, 0.1) is 0 Å². The largest absolute Gasteiger partial charge is 0.480 e. The predicted octanol–water partition coefficient (Wildman–Crippen LogP) is 2.11. The zero-order valence-corrected chi connectivity index (χ0v) is 11.6. The van der Waals surface area contributed by atoms with Crippen molar-refractivity contribution in [1.82, 2.24) is 10.6 Å². The number of aryl methyl sites for hydroxylation is 1. The third kappa shape index (κ3) is 4.24. The lowest BCUT2D eigenvalue weighted by atomic mass is 10.1. The molecule has 104 valence electrons. The molecule has 2 amide bonds. The van der Waals surface area contributed by atoms with E-state index in [1.807, 2.05) is 17.7 Å². The first kappa shape index (κ1) is 13.9. The van der Waals surface area contributed by atoms with Gasteiger partial charge in [-0.15, -0.1) is 0 Å². The van der Waals surface area contributed by atoms with E-state index in [0.717, 1.165) is 24.0 Å². The minimum Gasteiger partial charge on any atom is -0.480 e. The van der Waals surface area contributed by atoms with Crippen LogP contribution in [-0.4, -0.2) is 23.1 Å². The molecular formula is C13H18N2O3S. The molecule has 1 aromatic heterocycles. The third-order valence-corrected chi connectivity index (χ3v) is 4.18. The fourth-order valence-electron chi connectivity index (χ4n) is 1.86. The second-order valence-electron chi connectivity index (χ2n) is 4.98. The number of carbonyl (C=O) groups is 2. The highest BCUT2D eigenvalue weighted by molar-refractivity contribution is 7.08. The number of aliphatic carboxylic acids is 1. The van der Waals surface area contributed by atoms with E-state index in [0.29, 0.717) is 18.9 Å². The standard InChI is InChI=1S/C13H18N2O3S/c1-8-6-19-7-10(8)5-14-13(18)15-11(12(16)17)4-9-2-3-9/h6-7,9,11H,2-5H2,1H3,(H,16,17)(H2,14,15,18). The second-order valence-corrected chi connectivity index (χ2v) is 5.72. The monoisotopic (exact) mass is 282 g/mol. The van der Waals surface area contributed by atoms with Gasteiger partial charge in [-0.3, -0.25) is 0 Å². The molecule has 0 radical (unpaired) electrons. The number of thiophene rings is 1. The summed E-state index contributed by atoms with van der Waals surface area (Å²) >= 11 is 1.59. The fraction of sp³-hybridized carbons (Fsp3) is 0.538. The summed E-state index contributed by atoms with van der Waals surface area (Å²) in [5.74, 6) is -0.505. The molecular weight excluding hydrogens is 264 g/mol. The van der Waals surface area contributed by atoms with Crippen molar-refractivity contribution in [2.24, 2.45) is 5.92 Å². The zero-order valence-electron chi connectivity index (χ0n) is 10.8. The Morgan fingerprint density at radius 3 is 2.74 bits per heavy atom.